The minimum absolute atomic E-state index is 0.115. The fraction of sp³-hybridized carbons (Fsp3) is 0.667. The second-order valence-electron chi connectivity index (χ2n) is 4.77. The third kappa shape index (κ3) is 2.58. The van der Waals surface area contributed by atoms with Crippen molar-refractivity contribution in [3.63, 3.8) is 0 Å². The number of aryl methyl sites for hydroxylation is 2. The first-order valence-electron chi connectivity index (χ1n) is 6.63. The normalized spacial score (nSPS) is 16.1. The molecule has 2 rings (SSSR count). The number of piperazine rings is 1. The molecule has 0 radical (unpaired) electrons. The summed E-state index contributed by atoms with van der Waals surface area (Å²) in [6.45, 7) is 5.08. The van der Waals surface area contributed by atoms with E-state index in [1.54, 1.807) is 11.7 Å². The maximum atomic E-state index is 11.3. The van der Waals surface area contributed by atoms with Gasteiger partial charge in [-0.1, -0.05) is 6.92 Å². The molecule has 1 fully saturated rings. The summed E-state index contributed by atoms with van der Waals surface area (Å²) in [6, 6.07) is 2.13. The standard InChI is InChI=1S/C12H18N6O2/c1-3-10-11(18(19)20)12(15(2)14-10)17-8-6-16(5-4-13)7-9-17/h3,5-9H2,1-2H3. The SMILES string of the molecule is CCc1nn(C)c(N2CCN(CC#N)CC2)c1[N+](=O)[O-]. The molecule has 8 heteroatoms. The van der Waals surface area contributed by atoms with E-state index < -0.39 is 0 Å². The van der Waals surface area contributed by atoms with Crippen molar-refractivity contribution in [2.75, 3.05) is 37.6 Å². The molecule has 0 unspecified atom stereocenters. The first kappa shape index (κ1) is 14.3. The third-order valence-electron chi connectivity index (χ3n) is 3.55. The summed E-state index contributed by atoms with van der Waals surface area (Å²) in [5.41, 5.74) is 0.635. The van der Waals surface area contributed by atoms with Crippen LogP contribution < -0.4 is 4.90 Å². The number of nitrogens with zero attached hydrogens (tertiary/aromatic N) is 6. The van der Waals surface area contributed by atoms with Gasteiger partial charge in [0.2, 0.25) is 5.82 Å². The second-order valence-corrected chi connectivity index (χ2v) is 4.77. The Labute approximate surface area is 117 Å². The second kappa shape index (κ2) is 5.88. The van der Waals surface area contributed by atoms with E-state index in [-0.39, 0.29) is 10.6 Å². The highest BCUT2D eigenvalue weighted by molar-refractivity contribution is 5.61. The zero-order chi connectivity index (χ0) is 14.7. The topological polar surface area (TPSA) is 91.2 Å². The molecule has 1 aliphatic rings. The van der Waals surface area contributed by atoms with Crippen molar-refractivity contribution in [1.82, 2.24) is 14.7 Å². The Kier molecular flexibility index (Phi) is 4.20. The minimum Gasteiger partial charge on any atom is -0.349 e. The van der Waals surface area contributed by atoms with Crippen LogP contribution in [0.15, 0.2) is 0 Å². The average molecular weight is 278 g/mol. The van der Waals surface area contributed by atoms with Crippen LogP contribution in [0.5, 0.6) is 0 Å². The number of rotatable bonds is 4. The van der Waals surface area contributed by atoms with Gasteiger partial charge in [-0.2, -0.15) is 10.4 Å². The molecule has 0 spiro atoms. The van der Waals surface area contributed by atoms with Gasteiger partial charge in [-0.3, -0.25) is 15.0 Å². The van der Waals surface area contributed by atoms with Crippen LogP contribution in [-0.4, -0.2) is 52.3 Å². The van der Waals surface area contributed by atoms with Crippen molar-refractivity contribution in [3.8, 4) is 6.07 Å². The van der Waals surface area contributed by atoms with E-state index in [9.17, 15) is 10.1 Å². The fourth-order valence-corrected chi connectivity index (χ4v) is 2.56. The van der Waals surface area contributed by atoms with Crippen LogP contribution in [0.3, 0.4) is 0 Å². The van der Waals surface area contributed by atoms with Crippen LogP contribution in [0.4, 0.5) is 11.5 Å². The Hall–Kier alpha value is -2.14. The predicted molar refractivity (Wildman–Crippen MR) is 73.5 cm³/mol. The van der Waals surface area contributed by atoms with E-state index in [4.69, 9.17) is 5.26 Å². The van der Waals surface area contributed by atoms with Crippen LogP contribution >= 0.6 is 0 Å². The minimum atomic E-state index is -0.344. The monoisotopic (exact) mass is 278 g/mol. The maximum absolute atomic E-state index is 11.3. The summed E-state index contributed by atoms with van der Waals surface area (Å²) < 4.78 is 1.59. The predicted octanol–water partition coefficient (Wildman–Crippen LogP) is 0.536. The fourth-order valence-electron chi connectivity index (χ4n) is 2.56. The third-order valence-corrected chi connectivity index (χ3v) is 3.55. The molecular weight excluding hydrogens is 260 g/mol. The van der Waals surface area contributed by atoms with Crippen molar-refractivity contribution in [2.45, 2.75) is 13.3 Å². The Morgan fingerprint density at radius 1 is 1.40 bits per heavy atom. The van der Waals surface area contributed by atoms with Crippen molar-refractivity contribution >= 4 is 11.5 Å². The van der Waals surface area contributed by atoms with Crippen molar-refractivity contribution < 1.29 is 4.92 Å². The van der Waals surface area contributed by atoms with E-state index in [1.807, 2.05) is 16.7 Å². The molecule has 0 N–H and O–H groups in total. The van der Waals surface area contributed by atoms with E-state index in [2.05, 4.69) is 11.2 Å². The summed E-state index contributed by atoms with van der Waals surface area (Å²) in [7, 11) is 1.74. The Morgan fingerprint density at radius 3 is 2.55 bits per heavy atom. The molecule has 0 aromatic carbocycles. The smallest absolute Gasteiger partial charge is 0.334 e. The molecule has 0 amide bonds. The first-order valence-corrected chi connectivity index (χ1v) is 6.63. The van der Waals surface area contributed by atoms with Gasteiger partial charge >= 0.3 is 5.69 Å². The van der Waals surface area contributed by atoms with Crippen molar-refractivity contribution in [2.24, 2.45) is 7.05 Å². The number of anilines is 1. The highest BCUT2D eigenvalue weighted by Gasteiger charge is 2.31. The van der Waals surface area contributed by atoms with Crippen LogP contribution in [0.25, 0.3) is 0 Å². The van der Waals surface area contributed by atoms with E-state index >= 15 is 0 Å². The molecule has 0 aliphatic carbocycles. The van der Waals surface area contributed by atoms with Gasteiger partial charge in [-0.05, 0) is 6.42 Å². The van der Waals surface area contributed by atoms with Gasteiger partial charge < -0.3 is 4.90 Å². The number of nitriles is 1. The van der Waals surface area contributed by atoms with Gasteiger partial charge in [-0.25, -0.2) is 4.68 Å². The number of aromatic nitrogens is 2. The van der Waals surface area contributed by atoms with Gasteiger partial charge in [0.25, 0.3) is 0 Å². The van der Waals surface area contributed by atoms with Crippen molar-refractivity contribution in [1.29, 1.82) is 5.26 Å². The van der Waals surface area contributed by atoms with Gasteiger partial charge in [0.05, 0.1) is 17.5 Å². The molecule has 0 atom stereocenters. The summed E-state index contributed by atoms with van der Waals surface area (Å²) >= 11 is 0. The number of hydrogen-bond acceptors (Lipinski definition) is 6. The molecule has 1 saturated heterocycles. The largest absolute Gasteiger partial charge is 0.349 e. The molecule has 20 heavy (non-hydrogen) atoms. The number of hydrogen-bond donors (Lipinski definition) is 0. The zero-order valence-corrected chi connectivity index (χ0v) is 11.7. The molecule has 0 bridgehead atoms. The summed E-state index contributed by atoms with van der Waals surface area (Å²) in [5.74, 6) is 0.573. The molecule has 108 valence electrons. The quantitative estimate of drug-likeness (QED) is 0.453. The lowest BCUT2D eigenvalue weighted by Gasteiger charge is -2.33. The van der Waals surface area contributed by atoms with Crippen molar-refractivity contribution in [3.05, 3.63) is 15.8 Å². The van der Waals surface area contributed by atoms with Gasteiger partial charge in [0, 0.05) is 33.2 Å². The Bertz CT molecular complexity index is 539. The highest BCUT2D eigenvalue weighted by Crippen LogP contribution is 2.32. The van der Waals surface area contributed by atoms with Gasteiger partial charge in [0.15, 0.2) is 0 Å². The van der Waals surface area contributed by atoms with E-state index in [0.29, 0.717) is 37.6 Å². The zero-order valence-electron chi connectivity index (χ0n) is 11.7. The van der Waals surface area contributed by atoms with Gasteiger partial charge in [-0.15, -0.1) is 0 Å². The molecular formula is C12H18N6O2. The Morgan fingerprint density at radius 2 is 2.05 bits per heavy atom. The number of nitro groups is 1. The highest BCUT2D eigenvalue weighted by atomic mass is 16.6. The maximum Gasteiger partial charge on any atom is 0.334 e. The first-order chi connectivity index (χ1) is 9.58. The van der Waals surface area contributed by atoms with E-state index in [0.717, 1.165) is 13.1 Å². The lowest BCUT2D eigenvalue weighted by atomic mass is 10.2. The average Bonchev–Trinajstić information content (AvgIpc) is 2.77. The van der Waals surface area contributed by atoms with Crippen LogP contribution in [0.1, 0.15) is 12.6 Å². The summed E-state index contributed by atoms with van der Waals surface area (Å²) in [6.07, 6.45) is 0.540. The Balaban J connectivity index is 2.24. The van der Waals surface area contributed by atoms with Crippen LogP contribution in [0.2, 0.25) is 0 Å². The molecule has 8 nitrogen and oxygen atoms in total. The van der Waals surface area contributed by atoms with Crippen LogP contribution in [-0.2, 0) is 13.5 Å². The molecule has 1 aromatic rings. The van der Waals surface area contributed by atoms with Gasteiger partial charge in [0.1, 0.15) is 5.69 Å². The molecule has 0 saturated carbocycles. The summed E-state index contributed by atoms with van der Waals surface area (Å²) in [4.78, 5) is 15.0. The lowest BCUT2D eigenvalue weighted by molar-refractivity contribution is -0.384. The van der Waals surface area contributed by atoms with Crippen LogP contribution in [0, 0.1) is 21.4 Å². The lowest BCUT2D eigenvalue weighted by Crippen LogP contribution is -2.47. The molecule has 1 aromatic heterocycles. The summed E-state index contributed by atoms with van der Waals surface area (Å²) in [5, 5.41) is 24.2. The van der Waals surface area contributed by atoms with E-state index in [1.165, 1.54) is 0 Å². The molecule has 1 aliphatic heterocycles. The molecule has 2 heterocycles.